The number of aromatic amines is 2. The number of carbonyl (C=O) groups excluding carboxylic acids is 1. The minimum absolute atomic E-state index is 0.0188. The summed E-state index contributed by atoms with van der Waals surface area (Å²) in [6, 6.07) is 0.0766. The van der Waals surface area contributed by atoms with Gasteiger partial charge in [0.1, 0.15) is 0 Å². The topological polar surface area (TPSA) is 90.6 Å². The van der Waals surface area contributed by atoms with Crippen LogP contribution in [0.4, 0.5) is 0 Å². The van der Waals surface area contributed by atoms with Crippen LogP contribution in [0.2, 0.25) is 0 Å². The first-order valence-corrected chi connectivity index (χ1v) is 4.09. The van der Waals surface area contributed by atoms with Crippen molar-refractivity contribution in [1.82, 2.24) is 20.5 Å². The molecular weight excluding hydrogens is 172 g/mol. The molecule has 0 bridgehead atoms. The predicted octanol–water partition coefficient (Wildman–Crippen LogP) is -0.374. The van der Waals surface area contributed by atoms with Crippen molar-refractivity contribution in [2.24, 2.45) is 0 Å². The highest BCUT2D eigenvalue weighted by molar-refractivity contribution is 5.90. The largest absolute Gasteiger partial charge is 0.347 e. The van der Waals surface area contributed by atoms with Crippen molar-refractivity contribution in [1.29, 1.82) is 0 Å². The zero-order valence-electron chi connectivity index (χ0n) is 7.55. The van der Waals surface area contributed by atoms with E-state index in [1.807, 2.05) is 13.8 Å². The lowest BCUT2D eigenvalue weighted by atomic mass is 10.2. The van der Waals surface area contributed by atoms with Gasteiger partial charge in [-0.05, 0) is 13.3 Å². The molecule has 0 radical (unpaired) electrons. The monoisotopic (exact) mass is 184 g/mol. The summed E-state index contributed by atoms with van der Waals surface area (Å²) in [6.45, 7) is 3.83. The molecule has 1 rings (SSSR count). The number of hydrogen-bond donors (Lipinski definition) is 3. The van der Waals surface area contributed by atoms with E-state index in [4.69, 9.17) is 0 Å². The van der Waals surface area contributed by atoms with Gasteiger partial charge < -0.3 is 5.32 Å². The van der Waals surface area contributed by atoms with Crippen LogP contribution in [0.5, 0.6) is 0 Å². The minimum Gasteiger partial charge on any atom is -0.347 e. The quantitative estimate of drug-likeness (QED) is 0.598. The average Bonchev–Trinajstić information content (AvgIpc) is 2.51. The molecular formula is C7H12N4O2. The van der Waals surface area contributed by atoms with Crippen LogP contribution in [-0.4, -0.2) is 27.1 Å². The van der Waals surface area contributed by atoms with Gasteiger partial charge in [0, 0.05) is 6.04 Å². The van der Waals surface area contributed by atoms with Crippen molar-refractivity contribution in [3.63, 3.8) is 0 Å². The molecule has 0 aliphatic heterocycles. The summed E-state index contributed by atoms with van der Waals surface area (Å²) in [4.78, 5) is 24.1. The number of nitrogens with zero attached hydrogens (tertiary/aromatic N) is 1. The first-order chi connectivity index (χ1) is 6.13. The maximum atomic E-state index is 11.3. The highest BCUT2D eigenvalue weighted by atomic mass is 16.2. The molecule has 6 nitrogen and oxygen atoms in total. The smallest absolute Gasteiger partial charge is 0.341 e. The second kappa shape index (κ2) is 3.88. The standard InChI is InChI=1S/C7H12N4O2/c1-3-4(2)8-6(12)5-9-7(13)11-10-5/h4H,3H2,1-2H3,(H,8,12)(H2,9,10,11,13). The molecule has 1 aromatic rings. The Morgan fingerprint density at radius 3 is 2.85 bits per heavy atom. The molecule has 0 spiro atoms. The fourth-order valence-corrected chi connectivity index (χ4v) is 0.772. The first kappa shape index (κ1) is 9.50. The van der Waals surface area contributed by atoms with E-state index in [1.54, 1.807) is 0 Å². The summed E-state index contributed by atoms with van der Waals surface area (Å²) in [7, 11) is 0. The van der Waals surface area contributed by atoms with Crippen molar-refractivity contribution >= 4 is 5.91 Å². The summed E-state index contributed by atoms with van der Waals surface area (Å²) in [5.41, 5.74) is -0.477. The van der Waals surface area contributed by atoms with Crippen LogP contribution >= 0.6 is 0 Å². The van der Waals surface area contributed by atoms with Gasteiger partial charge in [0.05, 0.1) is 0 Å². The fourth-order valence-electron chi connectivity index (χ4n) is 0.772. The van der Waals surface area contributed by atoms with Crippen molar-refractivity contribution in [2.45, 2.75) is 26.3 Å². The van der Waals surface area contributed by atoms with E-state index in [-0.39, 0.29) is 17.8 Å². The van der Waals surface area contributed by atoms with Gasteiger partial charge in [-0.1, -0.05) is 6.92 Å². The molecule has 0 saturated carbocycles. The Labute approximate surface area is 74.7 Å². The molecule has 1 atom stereocenters. The summed E-state index contributed by atoms with van der Waals surface area (Å²) in [6.07, 6.45) is 0.834. The second-order valence-corrected chi connectivity index (χ2v) is 2.81. The Balaban J connectivity index is 2.64. The second-order valence-electron chi connectivity index (χ2n) is 2.81. The summed E-state index contributed by atoms with van der Waals surface area (Å²) >= 11 is 0. The zero-order chi connectivity index (χ0) is 9.84. The molecule has 0 aromatic carbocycles. The van der Waals surface area contributed by atoms with Crippen LogP contribution in [0.1, 0.15) is 30.9 Å². The Morgan fingerprint density at radius 2 is 2.38 bits per heavy atom. The average molecular weight is 184 g/mol. The third-order valence-corrected chi connectivity index (χ3v) is 1.71. The Hall–Kier alpha value is -1.59. The Morgan fingerprint density at radius 1 is 1.69 bits per heavy atom. The van der Waals surface area contributed by atoms with Gasteiger partial charge in [0.2, 0.25) is 5.82 Å². The SMILES string of the molecule is CCC(C)NC(=O)c1n[nH]c(=O)[nH]1. The first-order valence-electron chi connectivity index (χ1n) is 4.09. The van der Waals surface area contributed by atoms with E-state index in [0.717, 1.165) is 6.42 Å². The lowest BCUT2D eigenvalue weighted by molar-refractivity contribution is 0.0929. The summed E-state index contributed by atoms with van der Waals surface area (Å²) < 4.78 is 0. The van der Waals surface area contributed by atoms with Crippen molar-refractivity contribution in [3.05, 3.63) is 16.3 Å². The lowest BCUT2D eigenvalue weighted by Gasteiger charge is -2.08. The van der Waals surface area contributed by atoms with Crippen molar-refractivity contribution in [3.8, 4) is 0 Å². The maximum absolute atomic E-state index is 11.3. The van der Waals surface area contributed by atoms with Crippen molar-refractivity contribution < 1.29 is 4.79 Å². The molecule has 72 valence electrons. The highest BCUT2D eigenvalue weighted by Gasteiger charge is 2.11. The molecule has 0 aliphatic rings. The number of amides is 1. The molecule has 1 heterocycles. The van der Waals surface area contributed by atoms with Gasteiger partial charge in [-0.25, -0.2) is 9.89 Å². The van der Waals surface area contributed by atoms with Crippen LogP contribution in [-0.2, 0) is 0 Å². The molecule has 6 heteroatoms. The van der Waals surface area contributed by atoms with E-state index in [0.29, 0.717) is 0 Å². The normalized spacial score (nSPS) is 12.5. The van der Waals surface area contributed by atoms with Crippen LogP contribution in [0.25, 0.3) is 0 Å². The number of aromatic nitrogens is 3. The van der Waals surface area contributed by atoms with E-state index >= 15 is 0 Å². The van der Waals surface area contributed by atoms with Crippen LogP contribution in [0, 0.1) is 0 Å². The maximum Gasteiger partial charge on any atom is 0.341 e. The lowest BCUT2D eigenvalue weighted by Crippen LogP contribution is -2.32. The molecule has 3 N–H and O–H groups in total. The Bertz CT molecular complexity index is 340. The number of carbonyl (C=O) groups is 1. The Kier molecular flexibility index (Phi) is 2.84. The van der Waals surface area contributed by atoms with Gasteiger partial charge in [-0.2, -0.15) is 0 Å². The number of rotatable bonds is 3. The molecule has 0 aliphatic carbocycles. The van der Waals surface area contributed by atoms with Gasteiger partial charge >= 0.3 is 5.69 Å². The van der Waals surface area contributed by atoms with E-state index in [9.17, 15) is 9.59 Å². The summed E-state index contributed by atoms with van der Waals surface area (Å²) in [5.74, 6) is -0.349. The molecule has 0 fully saturated rings. The predicted molar refractivity (Wildman–Crippen MR) is 46.4 cm³/mol. The number of H-pyrrole nitrogens is 2. The molecule has 1 aromatic heterocycles. The molecule has 1 amide bonds. The fraction of sp³-hybridized carbons (Fsp3) is 0.571. The van der Waals surface area contributed by atoms with E-state index < -0.39 is 5.69 Å². The van der Waals surface area contributed by atoms with Crippen LogP contribution in [0.3, 0.4) is 0 Å². The van der Waals surface area contributed by atoms with Gasteiger partial charge in [0.15, 0.2) is 0 Å². The summed E-state index contributed by atoms with van der Waals surface area (Å²) in [5, 5.41) is 8.28. The number of nitrogens with one attached hydrogen (secondary N) is 3. The van der Waals surface area contributed by atoms with E-state index in [1.165, 1.54) is 0 Å². The third kappa shape index (κ3) is 2.43. The molecule has 1 unspecified atom stereocenters. The molecule has 13 heavy (non-hydrogen) atoms. The van der Waals surface area contributed by atoms with Crippen molar-refractivity contribution in [2.75, 3.05) is 0 Å². The van der Waals surface area contributed by atoms with E-state index in [2.05, 4.69) is 20.5 Å². The van der Waals surface area contributed by atoms with Crippen LogP contribution < -0.4 is 11.0 Å². The van der Waals surface area contributed by atoms with Gasteiger partial charge in [-0.3, -0.25) is 9.78 Å². The van der Waals surface area contributed by atoms with Gasteiger partial charge in [-0.15, -0.1) is 5.10 Å². The highest BCUT2D eigenvalue weighted by Crippen LogP contribution is 1.90. The number of hydrogen-bond acceptors (Lipinski definition) is 3. The zero-order valence-corrected chi connectivity index (χ0v) is 7.55. The minimum atomic E-state index is -0.477. The van der Waals surface area contributed by atoms with Crippen LogP contribution in [0.15, 0.2) is 4.79 Å². The molecule has 0 saturated heterocycles. The van der Waals surface area contributed by atoms with Gasteiger partial charge in [0.25, 0.3) is 5.91 Å². The third-order valence-electron chi connectivity index (χ3n) is 1.71.